The third-order valence-electron chi connectivity index (χ3n) is 4.36. The number of imidazole rings is 1. The van der Waals surface area contributed by atoms with Crippen LogP contribution < -0.4 is 5.32 Å². The standard InChI is InChI=1S/C19H24F3N3O3/c1-14(15-7-4-3-5-8-15)28-12-6-9-23-16(26)13-18(27,19(20,21)22)17-24-10-11-25(17)2/h3-5,7-8,10-11,14,27H,6,9,12-13H2,1-2H3,(H,23,26). The summed E-state index contributed by atoms with van der Waals surface area (Å²) >= 11 is 0. The Balaban J connectivity index is 1.81. The first-order valence-electron chi connectivity index (χ1n) is 8.85. The minimum absolute atomic E-state index is 0.129. The van der Waals surface area contributed by atoms with E-state index in [1.807, 2.05) is 37.3 Å². The van der Waals surface area contributed by atoms with Gasteiger partial charge in [0.25, 0.3) is 0 Å². The van der Waals surface area contributed by atoms with Crippen LogP contribution in [-0.4, -0.2) is 39.9 Å². The van der Waals surface area contributed by atoms with E-state index in [9.17, 15) is 23.1 Å². The number of hydrogen-bond donors (Lipinski definition) is 2. The van der Waals surface area contributed by atoms with Gasteiger partial charge >= 0.3 is 6.18 Å². The maximum atomic E-state index is 13.4. The normalized spacial score (nSPS) is 15.1. The van der Waals surface area contributed by atoms with Gasteiger partial charge in [0.1, 0.15) is 0 Å². The number of benzene rings is 1. The number of rotatable bonds is 9. The van der Waals surface area contributed by atoms with Gasteiger partial charge in [0, 0.05) is 32.6 Å². The highest BCUT2D eigenvalue weighted by atomic mass is 19.4. The molecule has 0 bridgehead atoms. The number of carbonyl (C=O) groups excluding carboxylic acids is 1. The van der Waals surface area contributed by atoms with Crippen LogP contribution in [0.2, 0.25) is 0 Å². The molecule has 0 aliphatic rings. The molecule has 0 saturated heterocycles. The summed E-state index contributed by atoms with van der Waals surface area (Å²) in [5.41, 5.74) is -2.34. The van der Waals surface area contributed by atoms with E-state index in [4.69, 9.17) is 4.74 Å². The predicted molar refractivity (Wildman–Crippen MR) is 96.2 cm³/mol. The largest absolute Gasteiger partial charge is 0.425 e. The van der Waals surface area contributed by atoms with Gasteiger partial charge in [-0.15, -0.1) is 0 Å². The molecule has 1 heterocycles. The highest BCUT2D eigenvalue weighted by Gasteiger charge is 2.58. The number of carbonyl (C=O) groups is 1. The molecule has 0 aliphatic carbocycles. The minimum atomic E-state index is -5.04. The van der Waals surface area contributed by atoms with Crippen molar-refractivity contribution >= 4 is 5.91 Å². The second-order valence-corrected chi connectivity index (χ2v) is 6.52. The van der Waals surface area contributed by atoms with Gasteiger partial charge in [-0.25, -0.2) is 4.98 Å². The number of aromatic nitrogens is 2. The Labute approximate surface area is 161 Å². The number of halogens is 3. The molecule has 1 aromatic heterocycles. The van der Waals surface area contributed by atoms with Crippen LogP contribution in [0, 0.1) is 0 Å². The topological polar surface area (TPSA) is 76.4 Å². The van der Waals surface area contributed by atoms with Crippen molar-refractivity contribution in [2.75, 3.05) is 13.2 Å². The van der Waals surface area contributed by atoms with E-state index in [1.165, 1.54) is 13.2 Å². The fourth-order valence-corrected chi connectivity index (χ4v) is 2.75. The molecule has 2 atom stereocenters. The van der Waals surface area contributed by atoms with E-state index >= 15 is 0 Å². The Morgan fingerprint density at radius 1 is 1.32 bits per heavy atom. The van der Waals surface area contributed by atoms with Gasteiger partial charge < -0.3 is 19.7 Å². The summed E-state index contributed by atoms with van der Waals surface area (Å²) in [6, 6.07) is 9.57. The van der Waals surface area contributed by atoms with Gasteiger partial charge in [-0.05, 0) is 18.9 Å². The Morgan fingerprint density at radius 2 is 2.00 bits per heavy atom. The molecule has 2 unspecified atom stereocenters. The van der Waals surface area contributed by atoms with E-state index in [0.717, 1.165) is 16.3 Å². The van der Waals surface area contributed by atoms with Crippen molar-refractivity contribution in [3.8, 4) is 0 Å². The number of nitrogens with zero attached hydrogens (tertiary/aromatic N) is 2. The fraction of sp³-hybridized carbons (Fsp3) is 0.474. The first kappa shape index (κ1) is 21.9. The van der Waals surface area contributed by atoms with Crippen LogP contribution >= 0.6 is 0 Å². The quantitative estimate of drug-likeness (QED) is 0.636. The summed E-state index contributed by atoms with van der Waals surface area (Å²) in [6.07, 6.45) is -3.50. The zero-order chi connectivity index (χ0) is 20.8. The first-order chi connectivity index (χ1) is 13.1. The van der Waals surface area contributed by atoms with Gasteiger partial charge in [0.05, 0.1) is 12.5 Å². The van der Waals surface area contributed by atoms with E-state index in [1.54, 1.807) is 0 Å². The van der Waals surface area contributed by atoms with Crippen molar-refractivity contribution in [1.82, 2.24) is 14.9 Å². The van der Waals surface area contributed by atoms with Gasteiger partial charge in [-0.2, -0.15) is 13.2 Å². The summed E-state index contributed by atoms with van der Waals surface area (Å²) in [6.45, 7) is 2.36. The lowest BCUT2D eigenvalue weighted by atomic mass is 9.97. The van der Waals surface area contributed by atoms with Gasteiger partial charge in [0.15, 0.2) is 5.82 Å². The Hall–Kier alpha value is -2.39. The summed E-state index contributed by atoms with van der Waals surface area (Å²) in [5.74, 6) is -1.55. The van der Waals surface area contributed by atoms with Crippen LogP contribution in [0.1, 0.15) is 37.3 Å². The third kappa shape index (κ3) is 5.32. The average Bonchev–Trinajstić information content (AvgIpc) is 3.07. The minimum Gasteiger partial charge on any atom is -0.374 e. The van der Waals surface area contributed by atoms with Crippen LogP contribution in [0.4, 0.5) is 13.2 Å². The molecule has 0 spiro atoms. The van der Waals surface area contributed by atoms with Crippen molar-refractivity contribution in [2.24, 2.45) is 7.05 Å². The molecule has 2 N–H and O–H groups in total. The number of amides is 1. The monoisotopic (exact) mass is 399 g/mol. The molecule has 0 fully saturated rings. The highest BCUT2D eigenvalue weighted by Crippen LogP contribution is 2.40. The molecular formula is C19H24F3N3O3. The lowest BCUT2D eigenvalue weighted by Crippen LogP contribution is -2.48. The summed E-state index contributed by atoms with van der Waals surface area (Å²) in [4.78, 5) is 15.5. The zero-order valence-electron chi connectivity index (χ0n) is 15.7. The van der Waals surface area contributed by atoms with Crippen LogP contribution in [-0.2, 0) is 22.2 Å². The van der Waals surface area contributed by atoms with Crippen molar-refractivity contribution in [2.45, 2.75) is 37.6 Å². The van der Waals surface area contributed by atoms with Gasteiger partial charge in [0.2, 0.25) is 11.5 Å². The molecule has 0 aliphatic heterocycles. The van der Waals surface area contributed by atoms with E-state index in [2.05, 4.69) is 10.3 Å². The molecule has 6 nitrogen and oxygen atoms in total. The van der Waals surface area contributed by atoms with Crippen molar-refractivity contribution < 1.29 is 27.8 Å². The predicted octanol–water partition coefficient (Wildman–Crippen LogP) is 2.84. The van der Waals surface area contributed by atoms with Crippen LogP contribution in [0.25, 0.3) is 0 Å². The number of nitrogens with one attached hydrogen (secondary N) is 1. The lowest BCUT2D eigenvalue weighted by Gasteiger charge is -2.29. The molecule has 9 heteroatoms. The molecule has 0 saturated carbocycles. The molecular weight excluding hydrogens is 375 g/mol. The van der Waals surface area contributed by atoms with Crippen molar-refractivity contribution in [1.29, 1.82) is 0 Å². The third-order valence-corrected chi connectivity index (χ3v) is 4.36. The van der Waals surface area contributed by atoms with Crippen molar-refractivity contribution in [3.63, 3.8) is 0 Å². The Morgan fingerprint density at radius 3 is 2.57 bits per heavy atom. The molecule has 0 radical (unpaired) electrons. The van der Waals surface area contributed by atoms with Gasteiger partial charge in [-0.1, -0.05) is 30.3 Å². The van der Waals surface area contributed by atoms with E-state index < -0.39 is 29.9 Å². The molecule has 2 aromatic rings. The molecule has 28 heavy (non-hydrogen) atoms. The SMILES string of the molecule is CC(OCCCNC(=O)CC(O)(c1nccn1C)C(F)(F)F)c1ccccc1. The van der Waals surface area contributed by atoms with Crippen LogP contribution in [0.5, 0.6) is 0 Å². The molecule has 1 amide bonds. The van der Waals surface area contributed by atoms with Crippen molar-refractivity contribution in [3.05, 3.63) is 54.1 Å². The second kappa shape index (κ2) is 9.20. The molecule has 2 rings (SSSR count). The van der Waals surface area contributed by atoms with Crippen LogP contribution in [0.15, 0.2) is 42.7 Å². The number of alkyl halides is 3. The van der Waals surface area contributed by atoms with E-state index in [-0.39, 0.29) is 12.6 Å². The highest BCUT2D eigenvalue weighted by molar-refractivity contribution is 5.77. The summed E-state index contributed by atoms with van der Waals surface area (Å²) in [5, 5.41) is 12.6. The number of aliphatic hydroxyl groups is 1. The zero-order valence-corrected chi connectivity index (χ0v) is 15.7. The lowest BCUT2D eigenvalue weighted by molar-refractivity contribution is -0.271. The summed E-state index contributed by atoms with van der Waals surface area (Å²) in [7, 11) is 1.32. The number of aryl methyl sites for hydroxylation is 1. The average molecular weight is 399 g/mol. The maximum Gasteiger partial charge on any atom is 0.425 e. The maximum absolute atomic E-state index is 13.4. The van der Waals surface area contributed by atoms with Crippen LogP contribution in [0.3, 0.4) is 0 Å². The Bertz CT molecular complexity index is 765. The first-order valence-corrected chi connectivity index (χ1v) is 8.85. The van der Waals surface area contributed by atoms with E-state index in [0.29, 0.717) is 13.0 Å². The molecule has 154 valence electrons. The molecule has 1 aromatic carbocycles. The van der Waals surface area contributed by atoms with Gasteiger partial charge in [-0.3, -0.25) is 4.79 Å². The summed E-state index contributed by atoms with van der Waals surface area (Å²) < 4.78 is 46.9. The second-order valence-electron chi connectivity index (χ2n) is 6.52. The fourth-order valence-electron chi connectivity index (χ4n) is 2.75. The number of ether oxygens (including phenoxy) is 1. The Kier molecular flexibility index (Phi) is 7.20. The number of hydrogen-bond acceptors (Lipinski definition) is 4. The smallest absolute Gasteiger partial charge is 0.374 e.